The summed E-state index contributed by atoms with van der Waals surface area (Å²) in [6, 6.07) is 9.90. The summed E-state index contributed by atoms with van der Waals surface area (Å²) in [5, 5.41) is 0. The maximum Gasteiger partial charge on any atom is 0.252 e. The molecule has 0 amide bonds. The van der Waals surface area contributed by atoms with Gasteiger partial charge in [-0.15, -0.1) is 11.3 Å². The lowest BCUT2D eigenvalue weighted by atomic mass is 10.2. The van der Waals surface area contributed by atoms with Crippen LogP contribution in [0.2, 0.25) is 0 Å². The minimum Gasteiger partial charge on any atom is -0.296 e. The van der Waals surface area contributed by atoms with Crippen molar-refractivity contribution >= 4 is 37.3 Å². The highest BCUT2D eigenvalue weighted by atomic mass is 79.9. The molecule has 1 fully saturated rings. The average molecular weight is 419 g/mol. The molecule has 0 aliphatic carbocycles. The number of rotatable bonds is 4. The van der Waals surface area contributed by atoms with Crippen LogP contribution in [0.15, 0.2) is 44.4 Å². The van der Waals surface area contributed by atoms with Crippen LogP contribution >= 0.6 is 27.3 Å². The molecule has 0 spiro atoms. The Morgan fingerprint density at radius 2 is 1.87 bits per heavy atom. The van der Waals surface area contributed by atoms with Gasteiger partial charge in [-0.1, -0.05) is 12.1 Å². The highest BCUT2D eigenvalue weighted by Gasteiger charge is 2.29. The Morgan fingerprint density at radius 3 is 2.48 bits per heavy atom. The lowest BCUT2D eigenvalue weighted by molar-refractivity contribution is 0.181. The number of thiophene rings is 1. The molecule has 8 heteroatoms. The van der Waals surface area contributed by atoms with E-state index in [1.54, 1.807) is 18.2 Å². The van der Waals surface area contributed by atoms with Crippen LogP contribution in [0.4, 0.5) is 4.39 Å². The number of benzene rings is 1. The second-order valence-corrected chi connectivity index (χ2v) is 10.00. The third kappa shape index (κ3) is 4.00. The van der Waals surface area contributed by atoms with Crippen molar-refractivity contribution in [3.8, 4) is 0 Å². The van der Waals surface area contributed by atoms with Crippen LogP contribution in [0.3, 0.4) is 0 Å². The molecule has 1 aromatic heterocycles. The van der Waals surface area contributed by atoms with E-state index < -0.39 is 10.0 Å². The topological polar surface area (TPSA) is 40.6 Å². The molecule has 0 atom stereocenters. The second-order valence-electron chi connectivity index (χ2n) is 5.37. The molecule has 1 aliphatic rings. The molecule has 2 heterocycles. The molecule has 1 aromatic carbocycles. The SMILES string of the molecule is O=S(=O)(c1ccc(Br)s1)N1CCN(Cc2cccc(F)c2)CC1. The molecule has 3 rings (SSSR count). The zero-order chi connectivity index (χ0) is 16.4. The number of hydrogen-bond donors (Lipinski definition) is 0. The van der Waals surface area contributed by atoms with Gasteiger partial charge in [0.25, 0.3) is 10.0 Å². The number of piperazine rings is 1. The summed E-state index contributed by atoms with van der Waals surface area (Å²) >= 11 is 4.52. The van der Waals surface area contributed by atoms with E-state index >= 15 is 0 Å². The minimum atomic E-state index is -3.41. The Hall–Kier alpha value is -0.800. The fraction of sp³-hybridized carbons (Fsp3) is 0.333. The third-order valence-electron chi connectivity index (χ3n) is 3.77. The lowest BCUT2D eigenvalue weighted by Gasteiger charge is -2.33. The van der Waals surface area contributed by atoms with Crippen molar-refractivity contribution in [1.82, 2.24) is 9.21 Å². The molecule has 4 nitrogen and oxygen atoms in total. The van der Waals surface area contributed by atoms with E-state index in [-0.39, 0.29) is 5.82 Å². The normalized spacial score (nSPS) is 17.5. The molecule has 0 N–H and O–H groups in total. The molecule has 0 bridgehead atoms. The molecule has 1 aliphatic heterocycles. The maximum absolute atomic E-state index is 13.2. The predicted molar refractivity (Wildman–Crippen MR) is 92.5 cm³/mol. The first-order valence-corrected chi connectivity index (χ1v) is 10.2. The highest BCUT2D eigenvalue weighted by Crippen LogP contribution is 2.29. The Morgan fingerprint density at radius 1 is 1.13 bits per heavy atom. The van der Waals surface area contributed by atoms with Gasteiger partial charge >= 0.3 is 0 Å². The molecule has 2 aromatic rings. The average Bonchev–Trinajstić information content (AvgIpc) is 2.95. The predicted octanol–water partition coefficient (Wildman–Crippen LogP) is 3.16. The fourth-order valence-electron chi connectivity index (χ4n) is 2.59. The number of halogens is 2. The van der Waals surface area contributed by atoms with Gasteiger partial charge in [0, 0.05) is 32.7 Å². The van der Waals surface area contributed by atoms with Crippen molar-refractivity contribution in [3.05, 3.63) is 51.6 Å². The molecule has 23 heavy (non-hydrogen) atoms. The van der Waals surface area contributed by atoms with E-state index in [1.807, 2.05) is 6.07 Å². The largest absolute Gasteiger partial charge is 0.296 e. The monoisotopic (exact) mass is 418 g/mol. The lowest BCUT2D eigenvalue weighted by Crippen LogP contribution is -2.48. The Bertz CT molecular complexity index is 786. The van der Waals surface area contributed by atoms with Crippen LogP contribution in [-0.4, -0.2) is 43.8 Å². The third-order valence-corrected chi connectivity index (χ3v) is 7.76. The van der Waals surface area contributed by atoms with Crippen molar-refractivity contribution in [2.75, 3.05) is 26.2 Å². The highest BCUT2D eigenvalue weighted by molar-refractivity contribution is 9.11. The van der Waals surface area contributed by atoms with E-state index in [1.165, 1.54) is 27.8 Å². The summed E-state index contributed by atoms with van der Waals surface area (Å²) in [5.41, 5.74) is 0.906. The van der Waals surface area contributed by atoms with Crippen molar-refractivity contribution < 1.29 is 12.8 Å². The summed E-state index contributed by atoms with van der Waals surface area (Å²) in [4.78, 5) is 2.14. The number of sulfonamides is 1. The summed E-state index contributed by atoms with van der Waals surface area (Å²) in [5.74, 6) is -0.244. The number of hydrogen-bond acceptors (Lipinski definition) is 4. The van der Waals surface area contributed by atoms with Crippen molar-refractivity contribution in [3.63, 3.8) is 0 Å². The molecular formula is C15H16BrFN2O2S2. The summed E-state index contributed by atoms with van der Waals surface area (Å²) in [6.07, 6.45) is 0. The van der Waals surface area contributed by atoms with Crippen molar-refractivity contribution in [2.45, 2.75) is 10.8 Å². The van der Waals surface area contributed by atoms with Crippen LogP contribution in [0.5, 0.6) is 0 Å². The summed E-state index contributed by atoms with van der Waals surface area (Å²) < 4.78 is 41.0. The summed E-state index contributed by atoms with van der Waals surface area (Å²) in [7, 11) is -3.41. The molecule has 0 saturated carbocycles. The van der Waals surface area contributed by atoms with Crippen LogP contribution in [-0.2, 0) is 16.6 Å². The van der Waals surface area contributed by atoms with Gasteiger partial charge in [0.1, 0.15) is 10.0 Å². The van der Waals surface area contributed by atoms with Crippen LogP contribution in [0.25, 0.3) is 0 Å². The van der Waals surface area contributed by atoms with Crippen LogP contribution < -0.4 is 0 Å². The first-order chi connectivity index (χ1) is 10.9. The first-order valence-electron chi connectivity index (χ1n) is 7.17. The zero-order valence-corrected chi connectivity index (χ0v) is 15.5. The first kappa shape index (κ1) is 17.0. The molecule has 124 valence electrons. The quantitative estimate of drug-likeness (QED) is 0.765. The van der Waals surface area contributed by atoms with E-state index in [2.05, 4.69) is 20.8 Å². The molecule has 0 radical (unpaired) electrons. The molecule has 0 unspecified atom stereocenters. The van der Waals surface area contributed by atoms with E-state index in [4.69, 9.17) is 0 Å². The van der Waals surface area contributed by atoms with Crippen molar-refractivity contribution in [1.29, 1.82) is 0 Å². The fourth-order valence-corrected chi connectivity index (χ4v) is 6.17. The van der Waals surface area contributed by atoms with Gasteiger partial charge in [-0.2, -0.15) is 4.31 Å². The van der Waals surface area contributed by atoms with Gasteiger partial charge in [-0.05, 0) is 45.8 Å². The van der Waals surface area contributed by atoms with Gasteiger partial charge in [0.05, 0.1) is 3.79 Å². The molecular weight excluding hydrogens is 403 g/mol. The Balaban J connectivity index is 1.62. The summed E-state index contributed by atoms with van der Waals surface area (Å²) in [6.45, 7) is 2.82. The van der Waals surface area contributed by atoms with Crippen LogP contribution in [0.1, 0.15) is 5.56 Å². The van der Waals surface area contributed by atoms with Gasteiger partial charge in [0.15, 0.2) is 0 Å². The van der Waals surface area contributed by atoms with E-state index in [9.17, 15) is 12.8 Å². The maximum atomic E-state index is 13.2. The molecule has 1 saturated heterocycles. The smallest absolute Gasteiger partial charge is 0.252 e. The van der Waals surface area contributed by atoms with E-state index in [0.717, 1.165) is 9.35 Å². The van der Waals surface area contributed by atoms with Gasteiger partial charge in [-0.3, -0.25) is 4.90 Å². The van der Waals surface area contributed by atoms with Crippen LogP contribution in [0, 0.1) is 5.82 Å². The Kier molecular flexibility index (Phi) is 5.17. The Labute approximate surface area is 147 Å². The minimum absolute atomic E-state index is 0.244. The van der Waals surface area contributed by atoms with Gasteiger partial charge in [0.2, 0.25) is 0 Å². The zero-order valence-electron chi connectivity index (χ0n) is 12.3. The van der Waals surface area contributed by atoms with E-state index in [0.29, 0.717) is 36.9 Å². The standard InChI is InChI=1S/C15H16BrFN2O2S2/c16-14-4-5-15(22-14)23(20,21)19-8-6-18(7-9-19)11-12-2-1-3-13(17)10-12/h1-5,10H,6-9,11H2. The van der Waals surface area contributed by atoms with Gasteiger partial charge in [-0.25, -0.2) is 12.8 Å². The van der Waals surface area contributed by atoms with Gasteiger partial charge < -0.3 is 0 Å². The number of nitrogens with zero attached hydrogens (tertiary/aromatic N) is 2. The van der Waals surface area contributed by atoms with Crippen molar-refractivity contribution in [2.24, 2.45) is 0 Å². The second kappa shape index (κ2) is 6.98.